The van der Waals surface area contributed by atoms with E-state index in [1.54, 1.807) is 6.21 Å². The first kappa shape index (κ1) is 12.4. The molecule has 1 aliphatic rings. The molecule has 17 heavy (non-hydrogen) atoms. The van der Waals surface area contributed by atoms with Gasteiger partial charge in [-0.1, -0.05) is 41.1 Å². The molecule has 0 unspecified atom stereocenters. The van der Waals surface area contributed by atoms with Crippen molar-refractivity contribution in [3.8, 4) is 11.8 Å². The van der Waals surface area contributed by atoms with E-state index in [0.29, 0.717) is 6.04 Å². The van der Waals surface area contributed by atoms with E-state index in [4.69, 9.17) is 0 Å². The lowest BCUT2D eigenvalue weighted by Gasteiger charge is -2.16. The third-order valence-electron chi connectivity index (χ3n) is 2.99. The van der Waals surface area contributed by atoms with E-state index in [1.807, 2.05) is 24.3 Å². The Morgan fingerprint density at radius 3 is 2.53 bits per heavy atom. The Hall–Kier alpha value is -1.07. The first-order valence-corrected chi connectivity index (χ1v) is 6.92. The lowest BCUT2D eigenvalue weighted by Crippen LogP contribution is -2.09. The minimum Gasteiger partial charge on any atom is -0.281 e. The maximum Gasteiger partial charge on any atom is 0.0718 e. The quantitative estimate of drug-likeness (QED) is 0.543. The van der Waals surface area contributed by atoms with Gasteiger partial charge in [0.1, 0.15) is 0 Å². The van der Waals surface area contributed by atoms with E-state index in [9.17, 15) is 0 Å². The molecule has 2 heteroatoms. The molecule has 1 aromatic carbocycles. The highest BCUT2D eigenvalue weighted by Gasteiger charge is 2.09. The molecule has 1 fully saturated rings. The second-order valence-electron chi connectivity index (χ2n) is 4.35. The normalized spacial score (nSPS) is 16.8. The van der Waals surface area contributed by atoms with E-state index >= 15 is 0 Å². The van der Waals surface area contributed by atoms with Crippen LogP contribution in [-0.4, -0.2) is 12.3 Å². The Kier molecular flexibility index (Phi) is 4.82. The molecule has 0 atom stereocenters. The summed E-state index contributed by atoms with van der Waals surface area (Å²) in [6.45, 7) is 0. The lowest BCUT2D eigenvalue weighted by molar-refractivity contribution is 0.444. The summed E-state index contributed by atoms with van der Waals surface area (Å²) in [7, 11) is 0. The molecule has 1 saturated carbocycles. The molecule has 0 saturated heterocycles. The summed E-state index contributed by atoms with van der Waals surface area (Å²) in [4.78, 5) is 4.51. The Balaban J connectivity index is 1.88. The molecule has 88 valence electrons. The van der Waals surface area contributed by atoms with Crippen LogP contribution < -0.4 is 0 Å². The van der Waals surface area contributed by atoms with Gasteiger partial charge in [-0.3, -0.25) is 4.99 Å². The first-order valence-electron chi connectivity index (χ1n) is 6.13. The molecule has 0 bridgehead atoms. The summed E-state index contributed by atoms with van der Waals surface area (Å²) in [6, 6.07) is 8.53. The van der Waals surface area contributed by atoms with Crippen molar-refractivity contribution in [1.29, 1.82) is 0 Å². The molecular formula is C15H16BrN. The van der Waals surface area contributed by atoms with Gasteiger partial charge >= 0.3 is 0 Å². The fourth-order valence-corrected chi connectivity index (χ4v) is 2.29. The van der Waals surface area contributed by atoms with Gasteiger partial charge in [0.15, 0.2) is 0 Å². The summed E-state index contributed by atoms with van der Waals surface area (Å²) >= 11 is 3.40. The van der Waals surface area contributed by atoms with Gasteiger partial charge in [-0.25, -0.2) is 0 Å². The van der Waals surface area contributed by atoms with Crippen molar-refractivity contribution in [3.05, 3.63) is 34.3 Å². The minimum absolute atomic E-state index is 0.517. The molecule has 0 N–H and O–H groups in total. The van der Waals surface area contributed by atoms with Gasteiger partial charge in [0, 0.05) is 10.0 Å². The van der Waals surface area contributed by atoms with Crippen LogP contribution in [0.15, 0.2) is 33.7 Å². The van der Waals surface area contributed by atoms with Gasteiger partial charge in [0.2, 0.25) is 0 Å². The summed E-state index contributed by atoms with van der Waals surface area (Å²) in [6.07, 6.45) is 8.26. The molecular weight excluding hydrogens is 274 g/mol. The van der Waals surface area contributed by atoms with E-state index in [-0.39, 0.29) is 0 Å². The maximum atomic E-state index is 4.51. The largest absolute Gasteiger partial charge is 0.281 e. The van der Waals surface area contributed by atoms with Crippen LogP contribution in [0.1, 0.15) is 37.7 Å². The zero-order chi connectivity index (χ0) is 11.9. The second kappa shape index (κ2) is 6.61. The van der Waals surface area contributed by atoms with Crippen molar-refractivity contribution in [2.24, 2.45) is 4.99 Å². The number of aliphatic imine (C=N–C) groups is 1. The van der Waals surface area contributed by atoms with Crippen molar-refractivity contribution in [2.45, 2.75) is 38.1 Å². The molecule has 0 spiro atoms. The highest BCUT2D eigenvalue weighted by molar-refractivity contribution is 9.10. The van der Waals surface area contributed by atoms with Crippen LogP contribution in [0.2, 0.25) is 0 Å². The monoisotopic (exact) mass is 289 g/mol. The topological polar surface area (TPSA) is 12.4 Å². The molecule has 0 heterocycles. The second-order valence-corrected chi connectivity index (χ2v) is 5.26. The van der Waals surface area contributed by atoms with Crippen LogP contribution in [0.25, 0.3) is 0 Å². The van der Waals surface area contributed by atoms with Crippen LogP contribution in [0, 0.1) is 11.8 Å². The fraction of sp³-hybridized carbons (Fsp3) is 0.400. The zero-order valence-electron chi connectivity index (χ0n) is 9.82. The Labute approximate surface area is 111 Å². The number of halogens is 1. The standard InChI is InChI=1S/C15H16BrN/c16-14-10-8-13(9-11-14)5-4-12-17-15-6-2-1-3-7-15/h8-12,15H,1-3,6-7H2. The molecule has 0 aliphatic heterocycles. The molecule has 1 nitrogen and oxygen atoms in total. The lowest BCUT2D eigenvalue weighted by atomic mass is 9.96. The average Bonchev–Trinajstić information content (AvgIpc) is 2.38. The number of hydrogen-bond donors (Lipinski definition) is 0. The van der Waals surface area contributed by atoms with Crippen LogP contribution in [-0.2, 0) is 0 Å². The summed E-state index contributed by atoms with van der Waals surface area (Å²) < 4.78 is 1.08. The summed E-state index contributed by atoms with van der Waals surface area (Å²) in [5.41, 5.74) is 1.03. The van der Waals surface area contributed by atoms with Crippen LogP contribution in [0.4, 0.5) is 0 Å². The van der Waals surface area contributed by atoms with E-state index in [2.05, 4.69) is 32.8 Å². The summed E-state index contributed by atoms with van der Waals surface area (Å²) in [5, 5.41) is 0. The van der Waals surface area contributed by atoms with Gasteiger partial charge in [-0.2, -0.15) is 0 Å². The van der Waals surface area contributed by atoms with Crippen molar-refractivity contribution in [2.75, 3.05) is 0 Å². The first-order chi connectivity index (χ1) is 8.34. The highest BCUT2D eigenvalue weighted by Crippen LogP contribution is 2.19. The molecule has 1 aliphatic carbocycles. The number of nitrogens with zero attached hydrogens (tertiary/aromatic N) is 1. The average molecular weight is 290 g/mol. The Morgan fingerprint density at radius 2 is 1.82 bits per heavy atom. The third-order valence-corrected chi connectivity index (χ3v) is 3.51. The van der Waals surface area contributed by atoms with Gasteiger partial charge in [0.05, 0.1) is 12.3 Å². The van der Waals surface area contributed by atoms with Gasteiger partial charge in [-0.15, -0.1) is 0 Å². The van der Waals surface area contributed by atoms with Crippen LogP contribution >= 0.6 is 15.9 Å². The minimum atomic E-state index is 0.517. The summed E-state index contributed by atoms with van der Waals surface area (Å²) in [5.74, 6) is 6.10. The maximum absolute atomic E-state index is 4.51. The van der Waals surface area contributed by atoms with Crippen molar-refractivity contribution in [3.63, 3.8) is 0 Å². The van der Waals surface area contributed by atoms with Crippen LogP contribution in [0.5, 0.6) is 0 Å². The number of hydrogen-bond acceptors (Lipinski definition) is 1. The van der Waals surface area contributed by atoms with Crippen molar-refractivity contribution in [1.82, 2.24) is 0 Å². The molecule has 2 rings (SSSR count). The number of benzene rings is 1. The van der Waals surface area contributed by atoms with Crippen LogP contribution in [0.3, 0.4) is 0 Å². The molecule has 0 radical (unpaired) electrons. The molecule has 0 amide bonds. The smallest absolute Gasteiger partial charge is 0.0718 e. The molecule has 0 aromatic heterocycles. The van der Waals surface area contributed by atoms with Gasteiger partial charge in [0.25, 0.3) is 0 Å². The highest BCUT2D eigenvalue weighted by atomic mass is 79.9. The van der Waals surface area contributed by atoms with E-state index < -0.39 is 0 Å². The fourth-order valence-electron chi connectivity index (χ4n) is 2.02. The third kappa shape index (κ3) is 4.36. The van der Waals surface area contributed by atoms with E-state index in [1.165, 1.54) is 32.1 Å². The Morgan fingerprint density at radius 1 is 1.12 bits per heavy atom. The predicted octanol–water partition coefficient (Wildman–Crippen LogP) is 4.20. The SMILES string of the molecule is Brc1ccc(C#CC=NC2CCCCC2)cc1. The van der Waals surface area contributed by atoms with Gasteiger partial charge in [-0.05, 0) is 43.0 Å². The van der Waals surface area contributed by atoms with Crippen molar-refractivity contribution < 1.29 is 0 Å². The predicted molar refractivity (Wildman–Crippen MR) is 76.4 cm³/mol. The number of rotatable bonds is 1. The molecule has 1 aromatic rings. The zero-order valence-corrected chi connectivity index (χ0v) is 11.4. The van der Waals surface area contributed by atoms with E-state index in [0.717, 1.165) is 10.0 Å². The van der Waals surface area contributed by atoms with Gasteiger partial charge < -0.3 is 0 Å². The van der Waals surface area contributed by atoms with Crippen molar-refractivity contribution >= 4 is 22.1 Å². The Bertz CT molecular complexity index is 430.